The molecule has 1 aliphatic heterocycles. The number of methoxy groups -OCH3 is 2. The molecule has 1 heterocycles. The van der Waals surface area contributed by atoms with Gasteiger partial charge in [-0.05, 0) is 17.7 Å². The Morgan fingerprint density at radius 3 is 2.32 bits per heavy atom. The van der Waals surface area contributed by atoms with Gasteiger partial charge in [-0.2, -0.15) is 0 Å². The molecule has 2 aromatic carbocycles. The van der Waals surface area contributed by atoms with Gasteiger partial charge in [0.2, 0.25) is 10.0 Å². The molecule has 1 atom stereocenters. The van der Waals surface area contributed by atoms with Gasteiger partial charge in [-0.25, -0.2) is 8.42 Å². The Bertz CT molecular complexity index is 895. The Balaban J connectivity index is 2.12. The highest BCUT2D eigenvalue weighted by molar-refractivity contribution is 7.88. The van der Waals surface area contributed by atoms with Crippen LogP contribution in [0.15, 0.2) is 54.6 Å². The summed E-state index contributed by atoms with van der Waals surface area (Å²) in [5.74, 6) is 1.06. The Kier molecular flexibility index (Phi) is 4.69. The second kappa shape index (κ2) is 6.78. The third-order valence-corrected chi connectivity index (χ3v) is 5.03. The van der Waals surface area contributed by atoms with Crippen LogP contribution in [0.1, 0.15) is 17.2 Å². The quantitative estimate of drug-likeness (QED) is 0.888. The van der Waals surface area contributed by atoms with Crippen molar-refractivity contribution in [1.29, 1.82) is 0 Å². The maximum Gasteiger partial charge on any atom is 0.228 e. The summed E-state index contributed by atoms with van der Waals surface area (Å²) < 4.78 is 36.7. The normalized spacial score (nSPS) is 17.7. The van der Waals surface area contributed by atoms with Crippen molar-refractivity contribution in [1.82, 2.24) is 9.84 Å². The fourth-order valence-corrected chi connectivity index (χ4v) is 3.73. The van der Waals surface area contributed by atoms with Crippen molar-refractivity contribution in [3.63, 3.8) is 0 Å². The lowest BCUT2D eigenvalue weighted by Gasteiger charge is -2.24. The standard InChI is InChI=1S/C18H20N2O4S/c1-23-17-11-7-10-14(18(17)24-2)16-12-15(13-8-5-4-6-9-13)19-20(16)25(3,21)22/h4-12,16,19H,1-3H3/t16-/m1/s1. The number of sulfonamides is 1. The number of rotatable bonds is 5. The van der Waals surface area contributed by atoms with Gasteiger partial charge in [-0.15, -0.1) is 4.41 Å². The zero-order valence-electron chi connectivity index (χ0n) is 14.3. The minimum absolute atomic E-state index is 0.510. The number of hydrogen-bond donors (Lipinski definition) is 1. The van der Waals surface area contributed by atoms with Crippen LogP contribution < -0.4 is 14.9 Å². The zero-order valence-corrected chi connectivity index (χ0v) is 15.1. The minimum Gasteiger partial charge on any atom is -0.493 e. The SMILES string of the molecule is COc1cccc([C@H]2C=C(c3ccccc3)NN2S(C)(=O)=O)c1OC. The Morgan fingerprint density at radius 2 is 1.72 bits per heavy atom. The first-order valence-electron chi connectivity index (χ1n) is 7.70. The lowest BCUT2D eigenvalue weighted by Crippen LogP contribution is -2.38. The van der Waals surface area contributed by atoms with Crippen LogP contribution in [-0.4, -0.2) is 33.3 Å². The van der Waals surface area contributed by atoms with Crippen molar-refractivity contribution in [2.45, 2.75) is 6.04 Å². The summed E-state index contributed by atoms with van der Waals surface area (Å²) in [5, 5.41) is 0. The highest BCUT2D eigenvalue weighted by Crippen LogP contribution is 2.41. The van der Waals surface area contributed by atoms with E-state index in [1.54, 1.807) is 13.2 Å². The minimum atomic E-state index is -3.51. The fourth-order valence-electron chi connectivity index (χ4n) is 2.88. The topological polar surface area (TPSA) is 67.9 Å². The van der Waals surface area contributed by atoms with Crippen LogP contribution in [0.2, 0.25) is 0 Å². The molecule has 25 heavy (non-hydrogen) atoms. The maximum atomic E-state index is 12.3. The van der Waals surface area contributed by atoms with Crippen molar-refractivity contribution in [3.05, 3.63) is 65.7 Å². The number of nitrogens with one attached hydrogen (secondary N) is 1. The van der Waals surface area contributed by atoms with Gasteiger partial charge < -0.3 is 14.9 Å². The molecule has 6 nitrogen and oxygen atoms in total. The first kappa shape index (κ1) is 17.3. The first-order chi connectivity index (χ1) is 12.0. The molecule has 0 saturated carbocycles. The second-order valence-corrected chi connectivity index (χ2v) is 7.50. The van der Waals surface area contributed by atoms with E-state index in [2.05, 4.69) is 5.43 Å². The molecule has 0 unspecified atom stereocenters. The van der Waals surface area contributed by atoms with E-state index < -0.39 is 16.1 Å². The van der Waals surface area contributed by atoms with Crippen LogP contribution in [0.4, 0.5) is 0 Å². The lowest BCUT2D eigenvalue weighted by molar-refractivity contribution is 0.323. The van der Waals surface area contributed by atoms with Gasteiger partial charge in [-0.1, -0.05) is 42.5 Å². The Hall–Kier alpha value is -2.51. The average molecular weight is 360 g/mol. The number of ether oxygens (including phenoxy) is 2. The molecule has 0 saturated heterocycles. The third kappa shape index (κ3) is 3.33. The Morgan fingerprint density at radius 1 is 1.00 bits per heavy atom. The molecule has 132 valence electrons. The van der Waals surface area contributed by atoms with Gasteiger partial charge in [0.1, 0.15) is 0 Å². The highest BCUT2D eigenvalue weighted by Gasteiger charge is 2.35. The van der Waals surface area contributed by atoms with Crippen molar-refractivity contribution >= 4 is 15.7 Å². The van der Waals surface area contributed by atoms with Crippen LogP contribution in [0.5, 0.6) is 11.5 Å². The largest absolute Gasteiger partial charge is 0.493 e. The Labute approximate surface area is 147 Å². The number of para-hydroxylation sites is 1. The molecule has 0 aromatic heterocycles. The van der Waals surface area contributed by atoms with E-state index in [1.807, 2.05) is 48.5 Å². The summed E-state index contributed by atoms with van der Waals surface area (Å²) in [5.41, 5.74) is 5.32. The molecule has 0 spiro atoms. The molecule has 7 heteroatoms. The van der Waals surface area contributed by atoms with Gasteiger partial charge in [0.05, 0.1) is 32.2 Å². The first-order valence-corrected chi connectivity index (χ1v) is 9.54. The van der Waals surface area contributed by atoms with Crippen molar-refractivity contribution in [3.8, 4) is 11.5 Å². The van der Waals surface area contributed by atoms with Gasteiger partial charge in [0, 0.05) is 5.56 Å². The monoisotopic (exact) mass is 360 g/mol. The van der Waals surface area contributed by atoms with E-state index >= 15 is 0 Å². The second-order valence-electron chi connectivity index (χ2n) is 5.64. The summed E-state index contributed by atoms with van der Waals surface area (Å²) in [6, 6.07) is 14.4. The van der Waals surface area contributed by atoms with Crippen molar-refractivity contribution in [2.75, 3.05) is 20.5 Å². The zero-order chi connectivity index (χ0) is 18.0. The summed E-state index contributed by atoms with van der Waals surface area (Å²) in [6.07, 6.45) is 3.04. The fraction of sp³-hybridized carbons (Fsp3) is 0.222. The molecule has 2 aromatic rings. The van der Waals surface area contributed by atoms with E-state index in [0.29, 0.717) is 17.1 Å². The number of hydrogen-bond acceptors (Lipinski definition) is 5. The smallest absolute Gasteiger partial charge is 0.228 e. The predicted molar refractivity (Wildman–Crippen MR) is 96.5 cm³/mol. The predicted octanol–water partition coefficient (Wildman–Crippen LogP) is 2.57. The number of hydrazine groups is 1. The molecule has 3 rings (SSSR count). The van der Waals surface area contributed by atoms with Crippen molar-refractivity contribution < 1.29 is 17.9 Å². The number of benzene rings is 2. The molecule has 0 radical (unpaired) electrons. The van der Waals surface area contributed by atoms with E-state index in [9.17, 15) is 8.42 Å². The van der Waals surface area contributed by atoms with Crippen LogP contribution in [0, 0.1) is 0 Å². The van der Waals surface area contributed by atoms with E-state index in [4.69, 9.17) is 9.47 Å². The molecule has 0 aliphatic carbocycles. The third-order valence-electron chi connectivity index (χ3n) is 4.00. The number of nitrogens with zero attached hydrogens (tertiary/aromatic N) is 1. The van der Waals surface area contributed by atoms with Gasteiger partial charge in [-0.3, -0.25) is 0 Å². The molecular formula is C18H20N2O4S. The van der Waals surface area contributed by atoms with Crippen LogP contribution in [0.25, 0.3) is 5.70 Å². The molecular weight excluding hydrogens is 340 g/mol. The van der Waals surface area contributed by atoms with Crippen LogP contribution in [-0.2, 0) is 10.0 Å². The average Bonchev–Trinajstić information content (AvgIpc) is 3.07. The summed E-state index contributed by atoms with van der Waals surface area (Å²) in [4.78, 5) is 0. The summed E-state index contributed by atoms with van der Waals surface area (Å²) in [7, 11) is -0.424. The van der Waals surface area contributed by atoms with Crippen LogP contribution >= 0.6 is 0 Å². The van der Waals surface area contributed by atoms with Gasteiger partial charge in [0.25, 0.3) is 0 Å². The molecule has 1 aliphatic rings. The summed E-state index contributed by atoms with van der Waals surface area (Å²) in [6.45, 7) is 0. The van der Waals surface area contributed by atoms with Gasteiger partial charge in [0.15, 0.2) is 11.5 Å². The van der Waals surface area contributed by atoms with E-state index in [1.165, 1.54) is 17.8 Å². The summed E-state index contributed by atoms with van der Waals surface area (Å²) >= 11 is 0. The highest BCUT2D eigenvalue weighted by atomic mass is 32.2. The van der Waals surface area contributed by atoms with E-state index in [0.717, 1.165) is 11.3 Å². The molecule has 0 amide bonds. The van der Waals surface area contributed by atoms with Crippen molar-refractivity contribution in [2.24, 2.45) is 0 Å². The lowest BCUT2D eigenvalue weighted by atomic mass is 10.0. The van der Waals surface area contributed by atoms with E-state index in [-0.39, 0.29) is 0 Å². The maximum absolute atomic E-state index is 12.3. The van der Waals surface area contributed by atoms with Gasteiger partial charge >= 0.3 is 0 Å². The molecule has 0 fully saturated rings. The molecule has 0 bridgehead atoms. The molecule has 1 N–H and O–H groups in total. The van der Waals surface area contributed by atoms with Crippen LogP contribution in [0.3, 0.4) is 0 Å².